The lowest BCUT2D eigenvalue weighted by Gasteiger charge is -2.31. The van der Waals surface area contributed by atoms with Gasteiger partial charge in [-0.3, -0.25) is 14.6 Å². The van der Waals surface area contributed by atoms with Crippen LogP contribution in [-0.2, 0) is 4.79 Å². The first-order valence-corrected chi connectivity index (χ1v) is 7.74. The van der Waals surface area contributed by atoms with E-state index in [1.165, 1.54) is 0 Å². The van der Waals surface area contributed by atoms with Crippen molar-refractivity contribution in [3.05, 3.63) is 0 Å². The summed E-state index contributed by atoms with van der Waals surface area (Å²) in [5.41, 5.74) is 0. The number of aliphatic hydroxyl groups is 1. The van der Waals surface area contributed by atoms with Gasteiger partial charge in [-0.25, -0.2) is 0 Å². The van der Waals surface area contributed by atoms with Gasteiger partial charge in [-0.1, -0.05) is 0 Å². The maximum atomic E-state index is 11.4. The number of β-amino-alcohol motifs (C(OH)–C–C–N with tert-alkyl or cyclic N) is 1. The fourth-order valence-electron chi connectivity index (χ4n) is 3.02. The number of aliphatic hydroxyl groups excluding tert-OH is 1. The number of carbonyl (C=O) groups excluding carboxylic acids is 1. The molecular formula is C14H28N4O2. The summed E-state index contributed by atoms with van der Waals surface area (Å²) in [7, 11) is 0. The normalized spacial score (nSPS) is 24.4. The van der Waals surface area contributed by atoms with Crippen LogP contribution in [-0.4, -0.2) is 97.3 Å². The van der Waals surface area contributed by atoms with Crippen molar-refractivity contribution < 1.29 is 9.90 Å². The fraction of sp³-hybridized carbons (Fsp3) is 0.929. The highest BCUT2D eigenvalue weighted by Crippen LogP contribution is 2.05. The van der Waals surface area contributed by atoms with Crippen LogP contribution in [0.25, 0.3) is 0 Å². The molecule has 1 amide bonds. The lowest BCUT2D eigenvalue weighted by molar-refractivity contribution is -0.128. The minimum absolute atomic E-state index is 0.160. The van der Waals surface area contributed by atoms with Gasteiger partial charge in [-0.2, -0.15) is 0 Å². The number of carbonyl (C=O) groups is 1. The second-order valence-electron chi connectivity index (χ2n) is 5.86. The molecule has 0 aromatic heterocycles. The first-order chi connectivity index (χ1) is 9.65. The molecule has 116 valence electrons. The smallest absolute Gasteiger partial charge is 0.219 e. The molecule has 2 aliphatic rings. The predicted octanol–water partition coefficient (Wildman–Crippen LogP) is -1.19. The van der Waals surface area contributed by atoms with Gasteiger partial charge in [0.1, 0.15) is 0 Å². The molecule has 6 heteroatoms. The van der Waals surface area contributed by atoms with Crippen molar-refractivity contribution in [2.24, 2.45) is 0 Å². The average molecular weight is 284 g/mol. The zero-order valence-corrected chi connectivity index (χ0v) is 12.6. The lowest BCUT2D eigenvalue weighted by atomic mass is 10.2. The van der Waals surface area contributed by atoms with E-state index in [0.29, 0.717) is 0 Å². The summed E-state index contributed by atoms with van der Waals surface area (Å²) in [6, 6.07) is 0. The van der Waals surface area contributed by atoms with E-state index in [1.807, 2.05) is 4.90 Å². The van der Waals surface area contributed by atoms with Crippen LogP contribution in [0.4, 0.5) is 0 Å². The first-order valence-electron chi connectivity index (χ1n) is 7.74. The third-order valence-electron chi connectivity index (χ3n) is 4.18. The van der Waals surface area contributed by atoms with Gasteiger partial charge in [-0.15, -0.1) is 0 Å². The highest BCUT2D eigenvalue weighted by atomic mass is 16.3. The molecule has 1 atom stereocenters. The third kappa shape index (κ3) is 5.01. The second kappa shape index (κ2) is 7.93. The molecule has 0 aliphatic carbocycles. The molecule has 0 bridgehead atoms. The number of hydrogen-bond donors (Lipinski definition) is 2. The van der Waals surface area contributed by atoms with Crippen molar-refractivity contribution in [2.75, 3.05) is 65.4 Å². The topological polar surface area (TPSA) is 59.1 Å². The first kappa shape index (κ1) is 15.7. The lowest BCUT2D eigenvalue weighted by Crippen LogP contribution is -2.48. The predicted molar refractivity (Wildman–Crippen MR) is 78.6 cm³/mol. The van der Waals surface area contributed by atoms with Crippen molar-refractivity contribution in [3.63, 3.8) is 0 Å². The Kier molecular flexibility index (Phi) is 6.22. The Hall–Kier alpha value is -0.690. The van der Waals surface area contributed by atoms with Crippen molar-refractivity contribution in [3.8, 4) is 0 Å². The van der Waals surface area contributed by atoms with Gasteiger partial charge >= 0.3 is 0 Å². The van der Waals surface area contributed by atoms with E-state index in [2.05, 4.69) is 15.1 Å². The highest BCUT2D eigenvalue weighted by Gasteiger charge is 2.20. The van der Waals surface area contributed by atoms with Crippen LogP contribution >= 0.6 is 0 Å². The minimum atomic E-state index is -0.294. The van der Waals surface area contributed by atoms with E-state index in [4.69, 9.17) is 0 Å². The molecule has 20 heavy (non-hydrogen) atoms. The van der Waals surface area contributed by atoms with Gasteiger partial charge in [0.2, 0.25) is 5.91 Å². The maximum absolute atomic E-state index is 11.4. The SMILES string of the molecule is CC(=O)N1CCCN(CC(O)CN2CCNCC2)CC1. The Morgan fingerprint density at radius 3 is 2.35 bits per heavy atom. The van der Waals surface area contributed by atoms with Gasteiger partial charge < -0.3 is 15.3 Å². The van der Waals surface area contributed by atoms with Crippen molar-refractivity contribution >= 4 is 5.91 Å². The Balaban J connectivity index is 1.70. The highest BCUT2D eigenvalue weighted by molar-refractivity contribution is 5.73. The van der Waals surface area contributed by atoms with Gasteiger partial charge in [0.15, 0.2) is 0 Å². The van der Waals surface area contributed by atoms with Gasteiger partial charge in [-0.05, 0) is 13.0 Å². The van der Waals surface area contributed by atoms with Crippen LogP contribution in [0, 0.1) is 0 Å². The van der Waals surface area contributed by atoms with E-state index in [0.717, 1.165) is 71.9 Å². The quantitative estimate of drug-likeness (QED) is 0.680. The summed E-state index contributed by atoms with van der Waals surface area (Å²) < 4.78 is 0. The molecule has 0 saturated carbocycles. The van der Waals surface area contributed by atoms with E-state index >= 15 is 0 Å². The fourth-order valence-corrected chi connectivity index (χ4v) is 3.02. The van der Waals surface area contributed by atoms with Crippen LogP contribution in [0.15, 0.2) is 0 Å². The second-order valence-corrected chi connectivity index (χ2v) is 5.86. The van der Waals surface area contributed by atoms with Gasteiger partial charge in [0, 0.05) is 65.8 Å². The Morgan fingerprint density at radius 1 is 1.05 bits per heavy atom. The number of nitrogens with zero attached hydrogens (tertiary/aromatic N) is 3. The van der Waals surface area contributed by atoms with E-state index in [1.54, 1.807) is 6.92 Å². The van der Waals surface area contributed by atoms with Crippen molar-refractivity contribution in [2.45, 2.75) is 19.4 Å². The number of amides is 1. The van der Waals surface area contributed by atoms with Crippen LogP contribution in [0.2, 0.25) is 0 Å². The molecule has 2 N–H and O–H groups in total. The van der Waals surface area contributed by atoms with Gasteiger partial charge in [0.05, 0.1) is 6.10 Å². The monoisotopic (exact) mass is 284 g/mol. The molecule has 0 spiro atoms. The molecule has 0 aromatic rings. The maximum Gasteiger partial charge on any atom is 0.219 e. The Morgan fingerprint density at radius 2 is 1.70 bits per heavy atom. The zero-order valence-electron chi connectivity index (χ0n) is 12.6. The van der Waals surface area contributed by atoms with Crippen molar-refractivity contribution in [1.82, 2.24) is 20.0 Å². The van der Waals surface area contributed by atoms with Crippen molar-refractivity contribution in [1.29, 1.82) is 0 Å². The molecular weight excluding hydrogens is 256 g/mol. The number of hydrogen-bond acceptors (Lipinski definition) is 5. The summed E-state index contributed by atoms with van der Waals surface area (Å²) >= 11 is 0. The van der Waals surface area contributed by atoms with E-state index < -0.39 is 0 Å². The number of rotatable bonds is 4. The van der Waals surface area contributed by atoms with E-state index in [-0.39, 0.29) is 12.0 Å². The summed E-state index contributed by atoms with van der Waals surface area (Å²) in [5.74, 6) is 0.160. The molecule has 2 saturated heterocycles. The Bertz CT molecular complexity index is 308. The molecule has 6 nitrogen and oxygen atoms in total. The minimum Gasteiger partial charge on any atom is -0.390 e. The van der Waals surface area contributed by atoms with Gasteiger partial charge in [0.25, 0.3) is 0 Å². The molecule has 2 aliphatic heterocycles. The summed E-state index contributed by atoms with van der Waals surface area (Å²) in [4.78, 5) is 17.9. The molecule has 2 rings (SSSR count). The zero-order chi connectivity index (χ0) is 14.4. The Labute approximate surface area is 121 Å². The largest absolute Gasteiger partial charge is 0.390 e. The molecule has 2 heterocycles. The molecule has 0 radical (unpaired) electrons. The van der Waals surface area contributed by atoms with Crippen LogP contribution in [0.1, 0.15) is 13.3 Å². The number of piperazine rings is 1. The molecule has 2 fully saturated rings. The third-order valence-corrected chi connectivity index (χ3v) is 4.18. The van der Waals surface area contributed by atoms with E-state index in [9.17, 15) is 9.90 Å². The average Bonchev–Trinajstić information content (AvgIpc) is 2.65. The number of nitrogens with one attached hydrogen (secondary N) is 1. The van der Waals surface area contributed by atoms with Crippen LogP contribution < -0.4 is 5.32 Å². The summed E-state index contributed by atoms with van der Waals surface area (Å²) in [6.45, 7) is 10.7. The molecule has 1 unspecified atom stereocenters. The molecule has 0 aromatic carbocycles. The summed E-state index contributed by atoms with van der Waals surface area (Å²) in [6.07, 6.45) is 0.705. The van der Waals surface area contributed by atoms with Crippen LogP contribution in [0.3, 0.4) is 0 Å². The standard InChI is InChI=1S/C14H28N4O2/c1-13(19)18-6-2-5-16(9-10-18)11-14(20)12-17-7-3-15-4-8-17/h14-15,20H,2-12H2,1H3. The summed E-state index contributed by atoms with van der Waals surface area (Å²) in [5, 5.41) is 13.6. The van der Waals surface area contributed by atoms with Crippen LogP contribution in [0.5, 0.6) is 0 Å².